The van der Waals surface area contributed by atoms with Crippen molar-refractivity contribution in [3.05, 3.63) is 29.8 Å². The van der Waals surface area contributed by atoms with Gasteiger partial charge in [0.15, 0.2) is 0 Å². The maximum atomic E-state index is 12.4. The molecule has 0 aliphatic heterocycles. The smallest absolute Gasteiger partial charge is 0.252 e. The Kier molecular flexibility index (Phi) is 5.68. The van der Waals surface area contributed by atoms with Crippen LogP contribution in [0.2, 0.25) is 0 Å². The van der Waals surface area contributed by atoms with E-state index in [0.717, 1.165) is 0 Å². The first-order chi connectivity index (χ1) is 11.4. The minimum absolute atomic E-state index is 0.0828. The van der Waals surface area contributed by atoms with Gasteiger partial charge >= 0.3 is 0 Å². The van der Waals surface area contributed by atoms with Crippen LogP contribution in [0.15, 0.2) is 24.3 Å². The number of rotatable bonds is 5. The summed E-state index contributed by atoms with van der Waals surface area (Å²) < 4.78 is 0. The van der Waals surface area contributed by atoms with Crippen molar-refractivity contribution in [2.24, 2.45) is 11.7 Å². The first-order valence-corrected chi connectivity index (χ1v) is 7.86. The van der Waals surface area contributed by atoms with Crippen molar-refractivity contribution in [1.29, 1.82) is 0 Å². The molecule has 0 saturated heterocycles. The summed E-state index contributed by atoms with van der Waals surface area (Å²) in [6, 6.07) is 5.49. The third kappa shape index (κ3) is 4.65. The SMILES string of the molecule is CC(=O)Nc1cccc(C(=O)N[C@H](C(N)=O)[C@@H]2CCCC(=O)C2)c1. The van der Waals surface area contributed by atoms with Crippen molar-refractivity contribution < 1.29 is 19.2 Å². The van der Waals surface area contributed by atoms with Gasteiger partial charge in [-0.15, -0.1) is 0 Å². The van der Waals surface area contributed by atoms with E-state index in [-0.39, 0.29) is 24.0 Å². The van der Waals surface area contributed by atoms with Crippen molar-refractivity contribution in [1.82, 2.24) is 5.32 Å². The van der Waals surface area contributed by atoms with E-state index in [1.807, 2.05) is 0 Å². The number of Topliss-reactive ketones (excluding diaryl/α,β-unsaturated/α-hetero) is 1. The summed E-state index contributed by atoms with van der Waals surface area (Å²) >= 11 is 0. The number of hydrogen-bond acceptors (Lipinski definition) is 4. The zero-order chi connectivity index (χ0) is 17.7. The lowest BCUT2D eigenvalue weighted by atomic mass is 9.82. The molecule has 0 spiro atoms. The molecule has 2 rings (SSSR count). The molecule has 0 unspecified atom stereocenters. The summed E-state index contributed by atoms with van der Waals surface area (Å²) in [5, 5.41) is 5.22. The quantitative estimate of drug-likeness (QED) is 0.745. The molecular formula is C17H21N3O4. The predicted octanol–water partition coefficient (Wildman–Crippen LogP) is 0.988. The molecular weight excluding hydrogens is 310 g/mol. The van der Waals surface area contributed by atoms with E-state index in [1.54, 1.807) is 18.2 Å². The third-order valence-corrected chi connectivity index (χ3v) is 4.03. The molecule has 1 aromatic carbocycles. The Labute approximate surface area is 140 Å². The van der Waals surface area contributed by atoms with Crippen LogP contribution in [-0.4, -0.2) is 29.5 Å². The third-order valence-electron chi connectivity index (χ3n) is 4.03. The molecule has 0 heterocycles. The van der Waals surface area contributed by atoms with Crippen LogP contribution in [-0.2, 0) is 14.4 Å². The zero-order valence-electron chi connectivity index (χ0n) is 13.5. The lowest BCUT2D eigenvalue weighted by Gasteiger charge is -2.28. The maximum absolute atomic E-state index is 12.4. The van der Waals surface area contributed by atoms with Gasteiger partial charge in [0, 0.05) is 31.0 Å². The van der Waals surface area contributed by atoms with E-state index < -0.39 is 17.9 Å². The number of anilines is 1. The normalized spacial score (nSPS) is 18.5. The number of primary amides is 1. The summed E-state index contributed by atoms with van der Waals surface area (Å²) in [7, 11) is 0. The Hall–Kier alpha value is -2.70. The Morgan fingerprint density at radius 3 is 2.67 bits per heavy atom. The molecule has 1 fully saturated rings. The fraction of sp³-hybridized carbons (Fsp3) is 0.412. The standard InChI is InChI=1S/C17H21N3O4/c1-10(21)19-13-6-2-5-12(8-13)17(24)20-15(16(18)23)11-4-3-7-14(22)9-11/h2,5-6,8,11,15H,3-4,7,9H2,1H3,(H2,18,23)(H,19,21)(H,20,24)/t11-,15+/m1/s1. The van der Waals surface area contributed by atoms with Crippen molar-refractivity contribution in [3.8, 4) is 0 Å². The Morgan fingerprint density at radius 1 is 1.29 bits per heavy atom. The number of nitrogens with one attached hydrogen (secondary N) is 2. The van der Waals surface area contributed by atoms with Gasteiger partial charge in [0.1, 0.15) is 11.8 Å². The fourth-order valence-corrected chi connectivity index (χ4v) is 2.93. The van der Waals surface area contributed by atoms with E-state index in [1.165, 1.54) is 13.0 Å². The second kappa shape index (κ2) is 7.72. The molecule has 1 aliphatic carbocycles. The van der Waals surface area contributed by atoms with Gasteiger partial charge in [-0.2, -0.15) is 0 Å². The highest BCUT2D eigenvalue weighted by atomic mass is 16.2. The summed E-state index contributed by atoms with van der Waals surface area (Å²) in [4.78, 5) is 46.8. The number of carbonyl (C=O) groups excluding carboxylic acids is 4. The lowest BCUT2D eigenvalue weighted by Crippen LogP contribution is -2.50. The van der Waals surface area contributed by atoms with Crippen LogP contribution in [0.3, 0.4) is 0 Å². The molecule has 24 heavy (non-hydrogen) atoms. The van der Waals surface area contributed by atoms with Gasteiger partial charge in [-0.1, -0.05) is 6.07 Å². The van der Waals surface area contributed by atoms with Crippen molar-refractivity contribution in [3.63, 3.8) is 0 Å². The molecule has 1 aliphatic rings. The fourth-order valence-electron chi connectivity index (χ4n) is 2.93. The lowest BCUT2D eigenvalue weighted by molar-refractivity contribution is -0.124. The van der Waals surface area contributed by atoms with Crippen molar-refractivity contribution >= 4 is 29.2 Å². The second-order valence-electron chi connectivity index (χ2n) is 6.01. The van der Waals surface area contributed by atoms with Gasteiger partial charge in [0.05, 0.1) is 0 Å². The van der Waals surface area contributed by atoms with Crippen LogP contribution in [0.25, 0.3) is 0 Å². The number of benzene rings is 1. The van der Waals surface area contributed by atoms with Gasteiger partial charge < -0.3 is 16.4 Å². The van der Waals surface area contributed by atoms with E-state index in [9.17, 15) is 19.2 Å². The van der Waals surface area contributed by atoms with Crippen molar-refractivity contribution in [2.75, 3.05) is 5.32 Å². The molecule has 7 nitrogen and oxygen atoms in total. The van der Waals surface area contributed by atoms with Crippen molar-refractivity contribution in [2.45, 2.75) is 38.6 Å². The monoisotopic (exact) mass is 331 g/mol. The zero-order valence-corrected chi connectivity index (χ0v) is 13.5. The van der Waals surface area contributed by atoms with Gasteiger partial charge in [-0.3, -0.25) is 19.2 Å². The Balaban J connectivity index is 2.11. The molecule has 3 amide bonds. The molecule has 0 bridgehead atoms. The van der Waals surface area contributed by atoms with E-state index in [0.29, 0.717) is 30.5 Å². The molecule has 0 radical (unpaired) electrons. The van der Waals surface area contributed by atoms with Crippen LogP contribution in [0.5, 0.6) is 0 Å². The highest BCUT2D eigenvalue weighted by Gasteiger charge is 2.32. The van der Waals surface area contributed by atoms with Crippen LogP contribution >= 0.6 is 0 Å². The Bertz CT molecular complexity index is 672. The van der Waals surface area contributed by atoms with Crippen LogP contribution in [0, 0.1) is 5.92 Å². The molecule has 1 saturated carbocycles. The average Bonchev–Trinajstić information content (AvgIpc) is 2.51. The summed E-state index contributed by atoms with van der Waals surface area (Å²) in [5.41, 5.74) is 6.20. The largest absolute Gasteiger partial charge is 0.368 e. The minimum atomic E-state index is -0.883. The van der Waals surface area contributed by atoms with Crippen LogP contribution < -0.4 is 16.4 Å². The summed E-state index contributed by atoms with van der Waals surface area (Å²) in [5.74, 6) is -1.56. The summed E-state index contributed by atoms with van der Waals surface area (Å²) in [6.45, 7) is 1.37. The first kappa shape index (κ1) is 17.7. The molecule has 4 N–H and O–H groups in total. The maximum Gasteiger partial charge on any atom is 0.252 e. The topological polar surface area (TPSA) is 118 Å². The first-order valence-electron chi connectivity index (χ1n) is 7.86. The number of amides is 3. The highest BCUT2D eigenvalue weighted by Crippen LogP contribution is 2.24. The predicted molar refractivity (Wildman–Crippen MR) is 88.2 cm³/mol. The molecule has 0 aromatic heterocycles. The van der Waals surface area contributed by atoms with Gasteiger partial charge in [-0.25, -0.2) is 0 Å². The van der Waals surface area contributed by atoms with Crippen LogP contribution in [0.1, 0.15) is 43.0 Å². The number of nitrogens with two attached hydrogens (primary N) is 1. The van der Waals surface area contributed by atoms with E-state index in [2.05, 4.69) is 10.6 Å². The molecule has 7 heteroatoms. The van der Waals surface area contributed by atoms with Gasteiger partial charge in [-0.05, 0) is 37.0 Å². The second-order valence-corrected chi connectivity index (χ2v) is 6.01. The average molecular weight is 331 g/mol. The molecule has 128 valence electrons. The number of ketones is 1. The van der Waals surface area contributed by atoms with Crippen LogP contribution in [0.4, 0.5) is 5.69 Å². The van der Waals surface area contributed by atoms with Gasteiger partial charge in [0.2, 0.25) is 11.8 Å². The molecule has 1 aromatic rings. The number of hydrogen-bond donors (Lipinski definition) is 3. The van der Waals surface area contributed by atoms with E-state index in [4.69, 9.17) is 5.73 Å². The minimum Gasteiger partial charge on any atom is -0.368 e. The van der Waals surface area contributed by atoms with Gasteiger partial charge in [0.25, 0.3) is 5.91 Å². The Morgan fingerprint density at radius 2 is 2.04 bits per heavy atom. The highest BCUT2D eigenvalue weighted by molar-refractivity contribution is 5.99. The molecule has 2 atom stereocenters. The van der Waals surface area contributed by atoms with E-state index >= 15 is 0 Å². The number of carbonyl (C=O) groups is 4. The summed E-state index contributed by atoms with van der Waals surface area (Å²) in [6.07, 6.45) is 2.13.